The number of unbranched alkanes of at least 4 members (excludes halogenated alkanes) is 2. The summed E-state index contributed by atoms with van der Waals surface area (Å²) in [5, 5.41) is 20.2. The molecule has 2 aliphatic rings. The summed E-state index contributed by atoms with van der Waals surface area (Å²) in [5.41, 5.74) is 0. The summed E-state index contributed by atoms with van der Waals surface area (Å²) >= 11 is 0. The van der Waals surface area contributed by atoms with Crippen LogP contribution in [0.25, 0.3) is 0 Å². The lowest BCUT2D eigenvalue weighted by molar-refractivity contribution is -0.196. The summed E-state index contributed by atoms with van der Waals surface area (Å²) in [6.07, 6.45) is 15.6. The lowest BCUT2D eigenvalue weighted by Crippen LogP contribution is -2.45. The molecule has 1 aliphatic heterocycles. The highest BCUT2D eigenvalue weighted by molar-refractivity contribution is 6.74. The number of aliphatic carboxylic acids is 1. The number of carbonyl (C=O) groups is 1. The molecule has 0 radical (unpaired) electrons. The number of hydrogen-bond acceptors (Lipinski definition) is 5. The Hall–Kier alpha value is -0.733. The van der Waals surface area contributed by atoms with E-state index in [4.69, 9.17) is 19.0 Å². The predicted molar refractivity (Wildman–Crippen MR) is 161 cm³/mol. The van der Waals surface area contributed by atoms with Crippen molar-refractivity contribution in [1.82, 2.24) is 0 Å². The minimum absolute atomic E-state index is 0.00650. The Labute approximate surface area is 240 Å². The van der Waals surface area contributed by atoms with E-state index in [1.165, 1.54) is 19.3 Å². The SMILES string of the molecule is CCCCC(C)[C@H](CC[C@H]1C(OC2CCCCO2)C[C@H](O)[C@@H]1CC=CCCCC(=O)O)O[Si](C)(C)C(C)(C)C. The molecule has 2 N–H and O–H groups in total. The van der Waals surface area contributed by atoms with Crippen LogP contribution in [0.2, 0.25) is 18.1 Å². The Bertz CT molecular complexity index is 727. The standard InChI is InChI=1S/C32H60O6Si/c1-8-9-16-24(2)28(38-39(6,7)32(3,4)5)21-20-26-25(17-12-10-11-13-18-30(34)35)27(33)23-29(26)37-31-19-14-15-22-36-31/h10,12,24-29,31,33H,8-9,11,13-23H2,1-7H3,(H,34,35)/t24?,25-,26-,27+,28+,29?,31?/m1/s1. The van der Waals surface area contributed by atoms with Crippen LogP contribution in [0.5, 0.6) is 0 Å². The lowest BCUT2D eigenvalue weighted by Gasteiger charge is -2.41. The summed E-state index contributed by atoms with van der Waals surface area (Å²) in [5.74, 6) is 0.133. The molecule has 0 amide bonds. The topological polar surface area (TPSA) is 85.2 Å². The second kappa shape index (κ2) is 16.6. The van der Waals surface area contributed by atoms with Gasteiger partial charge in [0.1, 0.15) is 0 Å². The van der Waals surface area contributed by atoms with E-state index in [0.717, 1.165) is 51.6 Å². The van der Waals surface area contributed by atoms with Crippen molar-refractivity contribution in [3.05, 3.63) is 12.2 Å². The van der Waals surface area contributed by atoms with Gasteiger partial charge in [-0.15, -0.1) is 0 Å². The molecule has 39 heavy (non-hydrogen) atoms. The maximum absolute atomic E-state index is 11.2. The van der Waals surface area contributed by atoms with E-state index in [-0.39, 0.29) is 41.8 Å². The van der Waals surface area contributed by atoms with Crippen LogP contribution in [0.15, 0.2) is 12.2 Å². The van der Waals surface area contributed by atoms with Crippen molar-refractivity contribution in [2.75, 3.05) is 6.61 Å². The zero-order chi connectivity index (χ0) is 29.1. The molecule has 0 aromatic rings. The van der Waals surface area contributed by atoms with Gasteiger partial charge in [0.05, 0.1) is 12.2 Å². The van der Waals surface area contributed by atoms with E-state index in [1.54, 1.807) is 0 Å². The van der Waals surface area contributed by atoms with Crippen molar-refractivity contribution in [3.8, 4) is 0 Å². The number of carboxylic acid groups (broad SMARTS) is 1. The van der Waals surface area contributed by atoms with Crippen LogP contribution in [-0.2, 0) is 18.7 Å². The van der Waals surface area contributed by atoms with Crippen LogP contribution < -0.4 is 0 Å². The number of hydrogen-bond donors (Lipinski definition) is 2. The summed E-state index contributed by atoms with van der Waals surface area (Å²) in [7, 11) is -1.92. The number of carboxylic acids is 1. The molecule has 0 aromatic carbocycles. The molecule has 0 spiro atoms. The predicted octanol–water partition coefficient (Wildman–Crippen LogP) is 8.09. The van der Waals surface area contributed by atoms with E-state index in [1.807, 2.05) is 0 Å². The summed E-state index contributed by atoms with van der Waals surface area (Å²) < 4.78 is 19.5. The quantitative estimate of drug-likeness (QED) is 0.105. The Kier molecular flexibility index (Phi) is 14.7. The van der Waals surface area contributed by atoms with E-state index in [2.05, 4.69) is 59.9 Å². The number of allylic oxidation sites excluding steroid dienone is 2. The van der Waals surface area contributed by atoms with Gasteiger partial charge >= 0.3 is 5.97 Å². The maximum Gasteiger partial charge on any atom is 0.303 e. The second-order valence-electron chi connectivity index (χ2n) is 13.7. The van der Waals surface area contributed by atoms with Gasteiger partial charge in [-0.2, -0.15) is 0 Å². The van der Waals surface area contributed by atoms with E-state index >= 15 is 0 Å². The van der Waals surface area contributed by atoms with Gasteiger partial charge in [-0.25, -0.2) is 0 Å². The van der Waals surface area contributed by atoms with Gasteiger partial charge in [0, 0.05) is 25.6 Å². The molecule has 1 saturated carbocycles. The van der Waals surface area contributed by atoms with Gasteiger partial charge < -0.3 is 24.1 Å². The molecule has 1 aliphatic carbocycles. The average Bonchev–Trinajstić information content (AvgIpc) is 3.15. The third kappa shape index (κ3) is 11.6. The first-order chi connectivity index (χ1) is 18.4. The number of ether oxygens (including phenoxy) is 2. The second-order valence-corrected chi connectivity index (χ2v) is 18.5. The van der Waals surface area contributed by atoms with Crippen LogP contribution >= 0.6 is 0 Å². The maximum atomic E-state index is 11.2. The molecule has 3 unspecified atom stereocenters. The highest BCUT2D eigenvalue weighted by Crippen LogP contribution is 2.43. The highest BCUT2D eigenvalue weighted by Gasteiger charge is 2.45. The summed E-state index contributed by atoms with van der Waals surface area (Å²) in [4.78, 5) is 10.8. The molecular formula is C32H60O6Si. The Balaban J connectivity index is 2.15. The number of rotatable bonds is 17. The van der Waals surface area contributed by atoms with E-state index < -0.39 is 20.4 Å². The molecular weight excluding hydrogens is 508 g/mol. The molecule has 228 valence electrons. The van der Waals surface area contributed by atoms with Crippen LogP contribution in [0.4, 0.5) is 0 Å². The van der Waals surface area contributed by atoms with Crippen molar-refractivity contribution >= 4 is 14.3 Å². The van der Waals surface area contributed by atoms with Crippen LogP contribution in [0.1, 0.15) is 118 Å². The third-order valence-corrected chi connectivity index (χ3v) is 14.0. The van der Waals surface area contributed by atoms with Gasteiger partial charge in [-0.3, -0.25) is 4.79 Å². The summed E-state index contributed by atoms with van der Waals surface area (Å²) in [6, 6.07) is 0. The third-order valence-electron chi connectivity index (χ3n) is 9.48. The van der Waals surface area contributed by atoms with Crippen molar-refractivity contribution in [2.45, 2.75) is 161 Å². The molecule has 1 saturated heterocycles. The minimum atomic E-state index is -1.92. The van der Waals surface area contributed by atoms with Gasteiger partial charge in [0.15, 0.2) is 14.6 Å². The van der Waals surface area contributed by atoms with Crippen LogP contribution in [-0.4, -0.2) is 55.7 Å². The van der Waals surface area contributed by atoms with Crippen LogP contribution in [0, 0.1) is 17.8 Å². The first-order valence-corrected chi connectivity index (χ1v) is 18.8. The van der Waals surface area contributed by atoms with E-state index in [9.17, 15) is 9.90 Å². The Morgan fingerprint density at radius 1 is 1.13 bits per heavy atom. The van der Waals surface area contributed by atoms with E-state index in [0.29, 0.717) is 18.8 Å². The van der Waals surface area contributed by atoms with Gasteiger partial charge in [-0.05, 0) is 93.7 Å². The monoisotopic (exact) mass is 568 g/mol. The first-order valence-electron chi connectivity index (χ1n) is 15.9. The van der Waals surface area contributed by atoms with Crippen molar-refractivity contribution in [1.29, 1.82) is 0 Å². The normalized spacial score (nSPS) is 28.2. The first kappa shape index (κ1) is 34.5. The molecule has 0 bridgehead atoms. The fourth-order valence-electron chi connectivity index (χ4n) is 5.88. The highest BCUT2D eigenvalue weighted by atomic mass is 28.4. The molecule has 1 heterocycles. The van der Waals surface area contributed by atoms with Gasteiger partial charge in [-0.1, -0.05) is 59.6 Å². The minimum Gasteiger partial charge on any atom is -0.481 e. The fourth-order valence-corrected chi connectivity index (χ4v) is 7.34. The smallest absolute Gasteiger partial charge is 0.303 e. The molecule has 2 rings (SSSR count). The molecule has 2 fully saturated rings. The Morgan fingerprint density at radius 3 is 2.49 bits per heavy atom. The van der Waals surface area contributed by atoms with Crippen molar-refractivity contribution < 1.29 is 28.9 Å². The molecule has 0 aromatic heterocycles. The lowest BCUT2D eigenvalue weighted by atomic mass is 9.84. The number of aliphatic hydroxyl groups excluding tert-OH is 1. The fraction of sp³-hybridized carbons (Fsp3) is 0.906. The molecule has 7 atom stereocenters. The van der Waals surface area contributed by atoms with Crippen molar-refractivity contribution in [2.24, 2.45) is 17.8 Å². The van der Waals surface area contributed by atoms with Gasteiger partial charge in [0.25, 0.3) is 0 Å². The average molecular weight is 569 g/mol. The molecule has 6 nitrogen and oxygen atoms in total. The van der Waals surface area contributed by atoms with Crippen molar-refractivity contribution in [3.63, 3.8) is 0 Å². The zero-order valence-corrected chi connectivity index (χ0v) is 27.1. The van der Waals surface area contributed by atoms with Crippen LogP contribution in [0.3, 0.4) is 0 Å². The largest absolute Gasteiger partial charge is 0.481 e. The zero-order valence-electron chi connectivity index (χ0n) is 26.1. The summed E-state index contributed by atoms with van der Waals surface area (Å²) in [6.45, 7) is 17.0. The number of aliphatic hydroxyl groups is 1. The van der Waals surface area contributed by atoms with Gasteiger partial charge in [0.2, 0.25) is 0 Å². The Morgan fingerprint density at radius 2 is 1.87 bits per heavy atom. The molecule has 7 heteroatoms.